The van der Waals surface area contributed by atoms with Crippen LogP contribution in [0, 0.1) is 10.8 Å². The van der Waals surface area contributed by atoms with Gasteiger partial charge in [-0.2, -0.15) is 0 Å². The zero-order valence-electron chi connectivity index (χ0n) is 18.1. The summed E-state index contributed by atoms with van der Waals surface area (Å²) < 4.78 is 44.5. The van der Waals surface area contributed by atoms with Crippen molar-refractivity contribution in [3.8, 4) is 0 Å². The van der Waals surface area contributed by atoms with Crippen molar-refractivity contribution in [3.63, 3.8) is 0 Å². The van der Waals surface area contributed by atoms with Crippen LogP contribution >= 0.6 is 15.2 Å². The second kappa shape index (κ2) is 12.6. The van der Waals surface area contributed by atoms with E-state index in [1.165, 1.54) is 41.5 Å². The Morgan fingerprint density at radius 3 is 1.48 bits per heavy atom. The molecule has 0 aromatic carbocycles. The number of hydrogen-bond acceptors (Lipinski definition) is 10. The van der Waals surface area contributed by atoms with Crippen LogP contribution in [0.25, 0.3) is 0 Å². The minimum atomic E-state index is -5.53. The molecule has 0 aromatic rings. The summed E-state index contributed by atoms with van der Waals surface area (Å²) in [6.07, 6.45) is -0.909. The number of ether oxygens (including phenoxy) is 2. The summed E-state index contributed by atoms with van der Waals surface area (Å²) in [7, 11) is -10.7. The SMILES string of the molecule is CC(C)(C)C(=O)OCOP(=O)(OCOC(=O)C(C)(C)C)C(O)(CCCN)P(=O)(O)O.[NaH]. The molecule has 12 nitrogen and oxygen atoms in total. The average Bonchev–Trinajstić information content (AvgIpc) is 2.56. The number of carbonyl (C=O) groups excluding carboxylic acids is 2. The van der Waals surface area contributed by atoms with Crippen LogP contribution in [0.4, 0.5) is 0 Å². The molecule has 0 rings (SSSR count). The third-order valence-corrected chi connectivity index (χ3v) is 8.34. The maximum atomic E-state index is 13.2. The van der Waals surface area contributed by atoms with Gasteiger partial charge in [-0.05, 0) is 54.5 Å². The Morgan fingerprint density at radius 2 is 1.23 bits per heavy atom. The number of esters is 2. The molecule has 0 saturated heterocycles. The fourth-order valence-electron chi connectivity index (χ4n) is 1.76. The quantitative estimate of drug-likeness (QED) is 0.137. The van der Waals surface area contributed by atoms with Crippen LogP contribution in [0.5, 0.6) is 0 Å². The van der Waals surface area contributed by atoms with Crippen molar-refractivity contribution in [2.45, 2.75) is 59.5 Å². The van der Waals surface area contributed by atoms with Crippen molar-refractivity contribution in [3.05, 3.63) is 0 Å². The van der Waals surface area contributed by atoms with E-state index < -0.39 is 63.1 Å². The molecule has 31 heavy (non-hydrogen) atoms. The van der Waals surface area contributed by atoms with Gasteiger partial charge in [-0.1, -0.05) is 0 Å². The van der Waals surface area contributed by atoms with Crippen LogP contribution in [0.3, 0.4) is 0 Å². The summed E-state index contributed by atoms with van der Waals surface area (Å²) in [5.74, 6) is -1.54. The Balaban J connectivity index is 0. The van der Waals surface area contributed by atoms with Crippen molar-refractivity contribution >= 4 is 56.7 Å². The van der Waals surface area contributed by atoms with Gasteiger partial charge in [0.1, 0.15) is 0 Å². The van der Waals surface area contributed by atoms with Gasteiger partial charge >= 0.3 is 56.7 Å². The minimum absolute atomic E-state index is 0. The Bertz CT molecular complexity index is 663. The first-order valence-electron chi connectivity index (χ1n) is 9.03. The molecule has 0 spiro atoms. The number of hydrogen-bond donors (Lipinski definition) is 4. The van der Waals surface area contributed by atoms with Crippen LogP contribution in [-0.4, -0.2) is 81.6 Å². The van der Waals surface area contributed by atoms with Crippen molar-refractivity contribution in [1.29, 1.82) is 0 Å². The second-order valence-electron chi connectivity index (χ2n) is 8.57. The predicted molar refractivity (Wildman–Crippen MR) is 113 cm³/mol. The van der Waals surface area contributed by atoms with E-state index in [0.717, 1.165) is 0 Å². The summed E-state index contributed by atoms with van der Waals surface area (Å²) in [6, 6.07) is 0. The molecule has 0 heterocycles. The molecular formula is C16H34NNaO11P2. The Hall–Kier alpha value is 0.160. The van der Waals surface area contributed by atoms with Crippen molar-refractivity contribution in [2.75, 3.05) is 20.1 Å². The van der Waals surface area contributed by atoms with Crippen molar-refractivity contribution in [1.82, 2.24) is 0 Å². The van der Waals surface area contributed by atoms with Crippen LogP contribution in [0.2, 0.25) is 0 Å². The van der Waals surface area contributed by atoms with E-state index in [0.29, 0.717) is 0 Å². The molecule has 5 N–H and O–H groups in total. The molecule has 1 unspecified atom stereocenters. The predicted octanol–water partition coefficient (Wildman–Crippen LogP) is 1.22. The first-order chi connectivity index (χ1) is 13.3. The average molecular weight is 501 g/mol. The monoisotopic (exact) mass is 501 g/mol. The number of carbonyl (C=O) groups is 2. The van der Waals surface area contributed by atoms with E-state index in [1.54, 1.807) is 0 Å². The summed E-state index contributed by atoms with van der Waals surface area (Å²) in [4.78, 5) is 43.0. The van der Waals surface area contributed by atoms with Crippen LogP contribution < -0.4 is 5.73 Å². The van der Waals surface area contributed by atoms with Gasteiger partial charge in [0, 0.05) is 6.42 Å². The standard InChI is InChI=1S/C16H33NO11P2.Na.H/c1-14(2,3)12(18)25-10-27-30(24,28-11-26-13(19)15(4,5)6)16(20,8-7-9-17)29(21,22)23;;/h20H,7-11,17H2,1-6H3,(H2,21,22,23);;. The zero-order valence-corrected chi connectivity index (χ0v) is 19.9. The van der Waals surface area contributed by atoms with Gasteiger partial charge in [-0.25, -0.2) is 0 Å². The molecule has 0 fully saturated rings. The van der Waals surface area contributed by atoms with E-state index >= 15 is 0 Å². The zero-order chi connectivity index (χ0) is 24.0. The van der Waals surface area contributed by atoms with Crippen LogP contribution in [-0.2, 0) is 37.2 Å². The Labute approximate surface area is 204 Å². The molecule has 0 amide bonds. The van der Waals surface area contributed by atoms with Gasteiger partial charge in [0.05, 0.1) is 10.8 Å². The first-order valence-corrected chi connectivity index (χ1v) is 12.2. The third kappa shape index (κ3) is 9.90. The van der Waals surface area contributed by atoms with Gasteiger partial charge in [-0.3, -0.25) is 27.8 Å². The van der Waals surface area contributed by atoms with E-state index in [2.05, 4.69) is 0 Å². The molecule has 15 heteroatoms. The summed E-state index contributed by atoms with van der Waals surface area (Å²) in [5, 5.41) is 7.33. The molecule has 0 aliphatic carbocycles. The molecule has 0 bridgehead atoms. The number of aliphatic hydroxyl groups is 1. The van der Waals surface area contributed by atoms with E-state index in [1.807, 2.05) is 0 Å². The number of nitrogens with two attached hydrogens (primary N) is 1. The van der Waals surface area contributed by atoms with E-state index in [-0.39, 0.29) is 42.5 Å². The topological polar surface area (TPSA) is 192 Å². The van der Waals surface area contributed by atoms with Crippen molar-refractivity contribution < 1.29 is 52.1 Å². The van der Waals surface area contributed by atoms with Crippen LogP contribution in [0.1, 0.15) is 54.4 Å². The van der Waals surface area contributed by atoms with E-state index in [4.69, 9.17) is 24.3 Å². The first kappa shape index (κ1) is 33.3. The fraction of sp³-hybridized carbons (Fsp3) is 0.875. The summed E-state index contributed by atoms with van der Waals surface area (Å²) in [5.41, 5.74) is 3.43. The number of rotatable bonds is 11. The molecule has 0 radical (unpaired) electrons. The molecule has 0 aliphatic heterocycles. The fourth-order valence-corrected chi connectivity index (χ4v) is 5.13. The molecule has 1 atom stereocenters. The maximum absolute atomic E-state index is 13.2. The Morgan fingerprint density at radius 1 is 0.871 bits per heavy atom. The van der Waals surface area contributed by atoms with Gasteiger partial charge in [0.15, 0.2) is 0 Å². The molecule has 0 aliphatic rings. The van der Waals surface area contributed by atoms with E-state index in [9.17, 15) is 33.6 Å². The third-order valence-electron chi connectivity index (χ3n) is 3.67. The molecule has 0 saturated carbocycles. The molecule has 180 valence electrons. The summed E-state index contributed by atoms with van der Waals surface area (Å²) >= 11 is 0. The Kier molecular flexibility index (Phi) is 13.5. The normalized spacial score (nSPS) is 14.9. The second-order valence-corrected chi connectivity index (χ2v) is 13.0. The van der Waals surface area contributed by atoms with Gasteiger partial charge in [0.2, 0.25) is 13.6 Å². The van der Waals surface area contributed by atoms with Crippen molar-refractivity contribution in [2.24, 2.45) is 16.6 Å². The van der Waals surface area contributed by atoms with Crippen LogP contribution in [0.15, 0.2) is 0 Å². The molecule has 0 aromatic heterocycles. The van der Waals surface area contributed by atoms with Gasteiger partial charge in [-0.15, -0.1) is 0 Å². The summed E-state index contributed by atoms with van der Waals surface area (Å²) in [6.45, 7) is 7.02. The van der Waals surface area contributed by atoms with Gasteiger partial charge in [0.25, 0.3) is 5.08 Å². The van der Waals surface area contributed by atoms with Gasteiger partial charge < -0.3 is 30.1 Å². The molecular weight excluding hydrogens is 467 g/mol.